The maximum absolute atomic E-state index is 2.76. The lowest BCUT2D eigenvalue weighted by atomic mass is 9.78. The summed E-state index contributed by atoms with van der Waals surface area (Å²) in [4.78, 5) is 5.28. The summed E-state index contributed by atoms with van der Waals surface area (Å²) >= 11 is 0. The molecule has 2 saturated heterocycles. The summed E-state index contributed by atoms with van der Waals surface area (Å²) in [7, 11) is 2.28. The van der Waals surface area contributed by atoms with Crippen LogP contribution in [0.2, 0.25) is 0 Å². The molecule has 0 bridgehead atoms. The van der Waals surface area contributed by atoms with E-state index in [1.165, 1.54) is 58.3 Å². The first kappa shape index (κ1) is 12.4. The Hall–Kier alpha value is -0.0800. The molecule has 2 nitrogen and oxygen atoms in total. The van der Waals surface area contributed by atoms with E-state index in [2.05, 4.69) is 30.7 Å². The number of nitrogens with zero attached hydrogens (tertiary/aromatic N) is 2. The smallest absolute Gasteiger partial charge is 0.00670 e. The van der Waals surface area contributed by atoms with E-state index in [1.54, 1.807) is 0 Å². The average Bonchev–Trinajstić information content (AvgIpc) is 2.60. The molecule has 2 aliphatic rings. The Morgan fingerprint density at radius 1 is 1.19 bits per heavy atom. The molecule has 0 radical (unpaired) electrons. The molecular weight excluding hydrogens is 196 g/mol. The predicted octanol–water partition coefficient (Wildman–Crippen LogP) is 2.59. The highest BCUT2D eigenvalue weighted by Crippen LogP contribution is 2.39. The van der Waals surface area contributed by atoms with E-state index in [0.29, 0.717) is 5.41 Å². The Bertz CT molecular complexity index is 225. The van der Waals surface area contributed by atoms with Crippen LogP contribution in [0, 0.1) is 5.41 Å². The van der Waals surface area contributed by atoms with Crippen molar-refractivity contribution < 1.29 is 0 Å². The minimum absolute atomic E-state index is 0.648. The van der Waals surface area contributed by atoms with Gasteiger partial charge in [0.2, 0.25) is 0 Å². The fourth-order valence-corrected chi connectivity index (χ4v) is 3.71. The van der Waals surface area contributed by atoms with Gasteiger partial charge in [-0.25, -0.2) is 0 Å². The van der Waals surface area contributed by atoms with Gasteiger partial charge in [0.1, 0.15) is 0 Å². The number of rotatable bonds is 3. The first-order chi connectivity index (χ1) is 7.65. The minimum Gasteiger partial charge on any atom is -0.306 e. The van der Waals surface area contributed by atoms with Gasteiger partial charge in [-0.15, -0.1) is 0 Å². The zero-order chi connectivity index (χ0) is 11.6. The van der Waals surface area contributed by atoms with Crippen molar-refractivity contribution in [3.8, 4) is 0 Å². The van der Waals surface area contributed by atoms with Gasteiger partial charge in [0, 0.05) is 19.1 Å². The van der Waals surface area contributed by atoms with Gasteiger partial charge in [-0.1, -0.05) is 13.3 Å². The highest BCUT2D eigenvalue weighted by atomic mass is 15.2. The van der Waals surface area contributed by atoms with E-state index >= 15 is 0 Å². The second kappa shape index (κ2) is 5.05. The summed E-state index contributed by atoms with van der Waals surface area (Å²) < 4.78 is 0. The van der Waals surface area contributed by atoms with E-state index in [-0.39, 0.29) is 0 Å². The van der Waals surface area contributed by atoms with Crippen molar-refractivity contribution in [2.75, 3.05) is 33.2 Å². The first-order valence-electron chi connectivity index (χ1n) is 7.08. The molecule has 2 fully saturated rings. The third kappa shape index (κ3) is 2.60. The summed E-state index contributed by atoms with van der Waals surface area (Å²) in [5.74, 6) is 0. The van der Waals surface area contributed by atoms with Crippen LogP contribution in [0.15, 0.2) is 0 Å². The minimum atomic E-state index is 0.648. The molecule has 2 atom stereocenters. The van der Waals surface area contributed by atoms with E-state index in [4.69, 9.17) is 0 Å². The SMILES string of the molecule is CCCC(C)N1CCCC2(CCN(C)C2)C1. The third-order valence-corrected chi connectivity index (χ3v) is 4.65. The third-order valence-electron chi connectivity index (χ3n) is 4.65. The lowest BCUT2D eigenvalue weighted by molar-refractivity contribution is 0.0640. The number of hydrogen-bond donors (Lipinski definition) is 0. The lowest BCUT2D eigenvalue weighted by Gasteiger charge is -2.43. The molecule has 1 spiro atoms. The molecule has 2 heterocycles. The van der Waals surface area contributed by atoms with Crippen LogP contribution in [0.5, 0.6) is 0 Å². The van der Waals surface area contributed by atoms with Crippen LogP contribution in [-0.2, 0) is 0 Å². The van der Waals surface area contributed by atoms with Crippen LogP contribution >= 0.6 is 0 Å². The number of piperidine rings is 1. The molecule has 0 aromatic rings. The Morgan fingerprint density at radius 3 is 2.62 bits per heavy atom. The topological polar surface area (TPSA) is 6.48 Å². The molecule has 0 saturated carbocycles. The van der Waals surface area contributed by atoms with Crippen LogP contribution in [0.25, 0.3) is 0 Å². The second-order valence-electron chi connectivity index (χ2n) is 6.20. The molecule has 2 heteroatoms. The normalized spacial score (nSPS) is 34.7. The number of hydrogen-bond acceptors (Lipinski definition) is 2. The summed E-state index contributed by atoms with van der Waals surface area (Å²) in [6.45, 7) is 10.1. The Morgan fingerprint density at radius 2 is 2.00 bits per heavy atom. The van der Waals surface area contributed by atoms with Gasteiger partial charge in [0.15, 0.2) is 0 Å². The molecule has 0 aromatic heterocycles. The average molecular weight is 224 g/mol. The van der Waals surface area contributed by atoms with Crippen molar-refractivity contribution in [3.63, 3.8) is 0 Å². The van der Waals surface area contributed by atoms with Crippen LogP contribution in [0.4, 0.5) is 0 Å². The van der Waals surface area contributed by atoms with Crippen molar-refractivity contribution >= 4 is 0 Å². The van der Waals surface area contributed by atoms with Crippen molar-refractivity contribution in [2.24, 2.45) is 5.41 Å². The second-order valence-corrected chi connectivity index (χ2v) is 6.20. The van der Waals surface area contributed by atoms with Gasteiger partial charge in [0.25, 0.3) is 0 Å². The maximum Gasteiger partial charge on any atom is 0.00670 e. The summed E-state index contributed by atoms with van der Waals surface area (Å²) in [6, 6.07) is 0.799. The predicted molar refractivity (Wildman–Crippen MR) is 69.7 cm³/mol. The Balaban J connectivity index is 1.93. The fourth-order valence-electron chi connectivity index (χ4n) is 3.71. The molecule has 2 unspecified atom stereocenters. The highest BCUT2D eigenvalue weighted by Gasteiger charge is 2.40. The molecule has 16 heavy (non-hydrogen) atoms. The van der Waals surface area contributed by atoms with Crippen LogP contribution in [0.3, 0.4) is 0 Å². The quantitative estimate of drug-likeness (QED) is 0.727. The van der Waals surface area contributed by atoms with Gasteiger partial charge < -0.3 is 9.80 Å². The number of likely N-dealkylation sites (tertiary alicyclic amines) is 2. The molecule has 94 valence electrons. The van der Waals surface area contributed by atoms with E-state index in [9.17, 15) is 0 Å². The van der Waals surface area contributed by atoms with Crippen molar-refractivity contribution in [1.82, 2.24) is 9.80 Å². The molecular formula is C14H28N2. The highest BCUT2D eigenvalue weighted by molar-refractivity contribution is 4.94. The fraction of sp³-hybridized carbons (Fsp3) is 1.00. The Labute approximate surface area is 101 Å². The standard InChI is InChI=1S/C14H28N2/c1-4-6-13(2)16-9-5-7-14(12-16)8-10-15(3)11-14/h13H,4-12H2,1-3H3. The van der Waals surface area contributed by atoms with Crippen LogP contribution in [-0.4, -0.2) is 49.1 Å². The molecule has 0 aromatic carbocycles. The van der Waals surface area contributed by atoms with Crippen molar-refractivity contribution in [2.45, 2.75) is 52.0 Å². The lowest BCUT2D eigenvalue weighted by Crippen LogP contribution is -2.48. The first-order valence-corrected chi connectivity index (χ1v) is 7.08. The van der Waals surface area contributed by atoms with Gasteiger partial charge in [-0.05, 0) is 58.2 Å². The zero-order valence-corrected chi connectivity index (χ0v) is 11.3. The van der Waals surface area contributed by atoms with E-state index in [0.717, 1.165) is 6.04 Å². The van der Waals surface area contributed by atoms with Gasteiger partial charge in [-0.2, -0.15) is 0 Å². The Kier molecular flexibility index (Phi) is 3.91. The van der Waals surface area contributed by atoms with Gasteiger partial charge in [-0.3, -0.25) is 0 Å². The van der Waals surface area contributed by atoms with Gasteiger partial charge in [0.05, 0.1) is 0 Å². The summed E-state index contributed by atoms with van der Waals surface area (Å²) in [5.41, 5.74) is 0.648. The molecule has 0 N–H and O–H groups in total. The van der Waals surface area contributed by atoms with Gasteiger partial charge >= 0.3 is 0 Å². The maximum atomic E-state index is 2.76. The molecule has 2 rings (SSSR count). The van der Waals surface area contributed by atoms with Crippen LogP contribution < -0.4 is 0 Å². The van der Waals surface area contributed by atoms with Crippen molar-refractivity contribution in [1.29, 1.82) is 0 Å². The molecule has 2 aliphatic heterocycles. The molecule has 0 amide bonds. The van der Waals surface area contributed by atoms with E-state index in [1.807, 2.05) is 0 Å². The summed E-state index contributed by atoms with van der Waals surface area (Å²) in [6.07, 6.45) is 7.00. The zero-order valence-electron chi connectivity index (χ0n) is 11.3. The largest absolute Gasteiger partial charge is 0.306 e. The monoisotopic (exact) mass is 224 g/mol. The van der Waals surface area contributed by atoms with Crippen LogP contribution in [0.1, 0.15) is 46.0 Å². The van der Waals surface area contributed by atoms with E-state index < -0.39 is 0 Å². The summed E-state index contributed by atoms with van der Waals surface area (Å²) in [5, 5.41) is 0. The molecule has 0 aliphatic carbocycles. The van der Waals surface area contributed by atoms with Crippen molar-refractivity contribution in [3.05, 3.63) is 0 Å².